The highest BCUT2D eigenvalue weighted by Gasteiger charge is 2.27. The van der Waals surface area contributed by atoms with E-state index in [0.29, 0.717) is 4.88 Å². The van der Waals surface area contributed by atoms with Gasteiger partial charge in [-0.15, -0.1) is 11.3 Å². The van der Waals surface area contributed by atoms with E-state index in [1.165, 1.54) is 35.0 Å². The van der Waals surface area contributed by atoms with Crippen molar-refractivity contribution in [1.29, 1.82) is 0 Å². The SMILES string of the molecule is CCCc1sc(C(=O)N(CCNC(C)=O)C(C)C(=O)O)cc1CC. The number of hydrogen-bond donors (Lipinski definition) is 2. The highest BCUT2D eigenvalue weighted by molar-refractivity contribution is 7.14. The monoisotopic (exact) mass is 354 g/mol. The maximum absolute atomic E-state index is 12.8. The van der Waals surface area contributed by atoms with E-state index in [2.05, 4.69) is 12.2 Å². The van der Waals surface area contributed by atoms with E-state index in [4.69, 9.17) is 0 Å². The molecule has 24 heavy (non-hydrogen) atoms. The van der Waals surface area contributed by atoms with E-state index in [1.54, 1.807) is 0 Å². The van der Waals surface area contributed by atoms with E-state index < -0.39 is 12.0 Å². The molecule has 2 amide bonds. The highest BCUT2D eigenvalue weighted by Crippen LogP contribution is 2.26. The molecule has 0 fully saturated rings. The zero-order valence-electron chi connectivity index (χ0n) is 14.7. The summed E-state index contributed by atoms with van der Waals surface area (Å²) in [6.45, 7) is 7.39. The second-order valence-electron chi connectivity index (χ2n) is 5.66. The summed E-state index contributed by atoms with van der Waals surface area (Å²) < 4.78 is 0. The summed E-state index contributed by atoms with van der Waals surface area (Å²) >= 11 is 1.44. The van der Waals surface area contributed by atoms with E-state index in [1.807, 2.05) is 13.0 Å². The van der Waals surface area contributed by atoms with Crippen molar-refractivity contribution in [1.82, 2.24) is 10.2 Å². The molecule has 0 saturated heterocycles. The van der Waals surface area contributed by atoms with Gasteiger partial charge in [0.2, 0.25) is 5.91 Å². The zero-order chi connectivity index (χ0) is 18.3. The fourth-order valence-electron chi connectivity index (χ4n) is 2.41. The van der Waals surface area contributed by atoms with E-state index in [-0.39, 0.29) is 24.9 Å². The number of aliphatic carboxylic acids is 1. The Morgan fingerprint density at radius 1 is 1.33 bits per heavy atom. The number of rotatable bonds is 9. The molecule has 0 aromatic carbocycles. The van der Waals surface area contributed by atoms with Crippen LogP contribution in [0.2, 0.25) is 0 Å². The second-order valence-corrected chi connectivity index (χ2v) is 6.80. The molecule has 0 spiro atoms. The quantitative estimate of drug-likeness (QED) is 0.712. The van der Waals surface area contributed by atoms with Gasteiger partial charge in [-0.1, -0.05) is 20.3 Å². The summed E-state index contributed by atoms with van der Waals surface area (Å²) in [4.78, 5) is 38.2. The summed E-state index contributed by atoms with van der Waals surface area (Å²) in [5.41, 5.74) is 1.15. The summed E-state index contributed by atoms with van der Waals surface area (Å²) in [7, 11) is 0. The molecule has 0 bridgehead atoms. The first-order chi connectivity index (χ1) is 11.3. The topological polar surface area (TPSA) is 86.7 Å². The van der Waals surface area contributed by atoms with Crippen molar-refractivity contribution in [3.8, 4) is 0 Å². The van der Waals surface area contributed by atoms with Gasteiger partial charge >= 0.3 is 5.97 Å². The Morgan fingerprint density at radius 2 is 2.00 bits per heavy atom. The van der Waals surface area contributed by atoms with Crippen LogP contribution in [0.25, 0.3) is 0 Å². The minimum Gasteiger partial charge on any atom is -0.480 e. The average Bonchev–Trinajstić information content (AvgIpc) is 2.93. The molecule has 1 heterocycles. The molecule has 0 aliphatic carbocycles. The first-order valence-electron chi connectivity index (χ1n) is 8.21. The molecule has 0 aliphatic heterocycles. The smallest absolute Gasteiger partial charge is 0.326 e. The van der Waals surface area contributed by atoms with Gasteiger partial charge in [0, 0.05) is 24.9 Å². The largest absolute Gasteiger partial charge is 0.480 e. The molecule has 7 heteroatoms. The number of hydrogen-bond acceptors (Lipinski definition) is 4. The van der Waals surface area contributed by atoms with E-state index in [0.717, 1.165) is 24.8 Å². The molecule has 1 aromatic rings. The summed E-state index contributed by atoms with van der Waals surface area (Å²) in [6, 6.07) is 0.922. The second kappa shape index (κ2) is 9.42. The number of nitrogens with one attached hydrogen (secondary N) is 1. The first kappa shape index (κ1) is 20.2. The van der Waals surface area contributed by atoms with Gasteiger partial charge in [0.1, 0.15) is 6.04 Å². The van der Waals surface area contributed by atoms with Crippen molar-refractivity contribution in [2.45, 2.75) is 53.0 Å². The van der Waals surface area contributed by atoms with Crippen LogP contribution in [0.3, 0.4) is 0 Å². The third kappa shape index (κ3) is 5.33. The van der Waals surface area contributed by atoms with Crippen LogP contribution < -0.4 is 5.32 Å². The van der Waals surface area contributed by atoms with E-state index >= 15 is 0 Å². The predicted octanol–water partition coefficient (Wildman–Crippen LogP) is 2.31. The van der Waals surface area contributed by atoms with Crippen molar-refractivity contribution in [3.05, 3.63) is 21.4 Å². The van der Waals surface area contributed by atoms with Crippen LogP contribution in [0, 0.1) is 0 Å². The number of carbonyl (C=O) groups excluding carboxylic acids is 2. The molecule has 1 unspecified atom stereocenters. The molecular weight excluding hydrogens is 328 g/mol. The van der Waals surface area contributed by atoms with Crippen molar-refractivity contribution >= 4 is 29.1 Å². The Labute approximate surface area is 146 Å². The molecule has 134 valence electrons. The molecule has 1 atom stereocenters. The Morgan fingerprint density at radius 3 is 2.50 bits per heavy atom. The van der Waals surface area contributed by atoms with Crippen molar-refractivity contribution < 1.29 is 19.5 Å². The lowest BCUT2D eigenvalue weighted by atomic mass is 10.1. The Bertz CT molecular complexity index is 597. The van der Waals surface area contributed by atoms with Gasteiger partial charge in [0.05, 0.1) is 4.88 Å². The first-order valence-corrected chi connectivity index (χ1v) is 9.03. The molecule has 0 radical (unpaired) electrons. The Kier molecular flexibility index (Phi) is 7.91. The van der Waals surface area contributed by atoms with Crippen LogP contribution in [0.15, 0.2) is 6.07 Å². The third-order valence-corrected chi connectivity index (χ3v) is 5.00. The number of thiophene rings is 1. The van der Waals surface area contributed by atoms with Gasteiger partial charge in [-0.25, -0.2) is 4.79 Å². The zero-order valence-corrected chi connectivity index (χ0v) is 15.5. The number of nitrogens with zero attached hydrogens (tertiary/aromatic N) is 1. The van der Waals surface area contributed by atoms with Crippen LogP contribution >= 0.6 is 11.3 Å². The van der Waals surface area contributed by atoms with Crippen molar-refractivity contribution in [3.63, 3.8) is 0 Å². The van der Waals surface area contributed by atoms with Gasteiger partial charge in [0.25, 0.3) is 5.91 Å². The number of carboxylic acid groups (broad SMARTS) is 1. The number of aryl methyl sites for hydroxylation is 2. The van der Waals surface area contributed by atoms with Gasteiger partial charge in [-0.05, 0) is 31.4 Å². The van der Waals surface area contributed by atoms with E-state index in [9.17, 15) is 19.5 Å². The predicted molar refractivity (Wildman–Crippen MR) is 94.5 cm³/mol. The molecule has 2 N–H and O–H groups in total. The lowest BCUT2D eigenvalue weighted by molar-refractivity contribution is -0.141. The van der Waals surface area contributed by atoms with Crippen LogP contribution in [0.4, 0.5) is 0 Å². The summed E-state index contributed by atoms with van der Waals surface area (Å²) in [5, 5.41) is 11.9. The molecule has 1 rings (SSSR count). The van der Waals surface area contributed by atoms with Crippen LogP contribution in [0.5, 0.6) is 0 Å². The lowest BCUT2D eigenvalue weighted by Crippen LogP contribution is -2.46. The molecule has 6 nitrogen and oxygen atoms in total. The number of amides is 2. The normalized spacial score (nSPS) is 11.8. The van der Waals surface area contributed by atoms with Gasteiger partial charge in [-0.2, -0.15) is 0 Å². The van der Waals surface area contributed by atoms with Crippen LogP contribution in [-0.4, -0.2) is 46.9 Å². The lowest BCUT2D eigenvalue weighted by Gasteiger charge is -2.26. The van der Waals surface area contributed by atoms with Crippen LogP contribution in [0.1, 0.15) is 54.2 Å². The molecule has 0 aliphatic rings. The Balaban J connectivity index is 3.01. The third-order valence-electron chi connectivity index (χ3n) is 3.78. The number of carboxylic acids is 1. The fourth-order valence-corrected chi connectivity index (χ4v) is 3.72. The summed E-state index contributed by atoms with van der Waals surface area (Å²) in [6.07, 6.45) is 2.76. The fraction of sp³-hybridized carbons (Fsp3) is 0.588. The maximum Gasteiger partial charge on any atom is 0.326 e. The molecular formula is C17H26N2O4S. The highest BCUT2D eigenvalue weighted by atomic mass is 32.1. The summed E-state index contributed by atoms with van der Waals surface area (Å²) in [5.74, 6) is -1.57. The minimum atomic E-state index is -1.06. The van der Waals surface area contributed by atoms with Gasteiger partial charge in [0.15, 0.2) is 0 Å². The van der Waals surface area contributed by atoms with Crippen LogP contribution in [-0.2, 0) is 22.4 Å². The Hall–Kier alpha value is -1.89. The average molecular weight is 354 g/mol. The molecule has 1 aromatic heterocycles. The van der Waals surface area contributed by atoms with Gasteiger partial charge < -0.3 is 15.3 Å². The molecule has 0 saturated carbocycles. The maximum atomic E-state index is 12.8. The van der Waals surface area contributed by atoms with Crippen molar-refractivity contribution in [2.75, 3.05) is 13.1 Å². The van der Waals surface area contributed by atoms with Crippen molar-refractivity contribution in [2.24, 2.45) is 0 Å². The number of carbonyl (C=O) groups is 3. The standard InChI is InChI=1S/C17H26N2O4S/c1-5-7-14-13(6-2)10-15(24-14)16(21)19(11(3)17(22)23)9-8-18-12(4)20/h10-11H,5-9H2,1-4H3,(H,18,20)(H,22,23). The minimum absolute atomic E-state index is 0.161. The van der Waals surface area contributed by atoms with Gasteiger partial charge in [-0.3, -0.25) is 9.59 Å².